The molecule has 2 aliphatic heterocycles. The van der Waals surface area contributed by atoms with Crippen LogP contribution >= 0.6 is 0 Å². The zero-order valence-electron chi connectivity index (χ0n) is 26.4. The lowest BCUT2D eigenvalue weighted by molar-refractivity contribution is -0.320. The van der Waals surface area contributed by atoms with Crippen molar-refractivity contribution in [3.63, 3.8) is 0 Å². The second-order valence-corrected chi connectivity index (χ2v) is 11.7. The van der Waals surface area contributed by atoms with Crippen molar-refractivity contribution in [1.82, 2.24) is 0 Å². The molecule has 2 aliphatic rings. The lowest BCUT2D eigenvalue weighted by atomic mass is 9.83. The number of methoxy groups -OCH3 is 1. The minimum atomic E-state index is -0.986. The second-order valence-electron chi connectivity index (χ2n) is 11.7. The third-order valence-corrected chi connectivity index (χ3v) is 8.73. The van der Waals surface area contributed by atoms with Crippen molar-refractivity contribution in [3.8, 4) is 0 Å². The lowest BCUT2D eigenvalue weighted by Crippen LogP contribution is -2.58. The highest BCUT2D eigenvalue weighted by molar-refractivity contribution is 5.89. The Bertz CT molecular complexity index is 1180. The molecule has 0 aliphatic carbocycles. The number of hydrogen-bond acceptors (Lipinski definition) is 11. The molecule has 2 saturated heterocycles. The summed E-state index contributed by atoms with van der Waals surface area (Å²) in [5.74, 6) is -1.58. The van der Waals surface area contributed by atoms with Crippen LogP contribution in [0.25, 0.3) is 0 Å². The molecule has 11 heteroatoms. The molecule has 248 valence electrons. The quantitative estimate of drug-likeness (QED) is 0.234. The number of carbonyl (C=O) groups excluding carboxylic acids is 2. The molecule has 0 bridgehead atoms. The molecule has 45 heavy (non-hydrogen) atoms. The molecule has 0 spiro atoms. The minimum Gasteiger partial charge on any atom is -0.469 e. The minimum absolute atomic E-state index is 0.0189. The van der Waals surface area contributed by atoms with Gasteiger partial charge in [-0.05, 0) is 30.0 Å². The number of carbonyl (C=O) groups is 2. The van der Waals surface area contributed by atoms with Crippen LogP contribution in [0.5, 0.6) is 0 Å². The zero-order valence-corrected chi connectivity index (χ0v) is 26.4. The first-order valence-corrected chi connectivity index (χ1v) is 15.5. The lowest BCUT2D eigenvalue weighted by Gasteiger charge is -2.45. The van der Waals surface area contributed by atoms with E-state index in [4.69, 9.17) is 33.2 Å². The molecule has 10 atom stereocenters. The van der Waals surface area contributed by atoms with Crippen molar-refractivity contribution in [2.24, 2.45) is 17.8 Å². The van der Waals surface area contributed by atoms with E-state index in [1.54, 1.807) is 24.3 Å². The van der Waals surface area contributed by atoms with Crippen molar-refractivity contribution < 1.29 is 53.0 Å². The molecular formula is C34H46O11. The topological polar surface area (TPSA) is 139 Å². The van der Waals surface area contributed by atoms with E-state index in [2.05, 4.69) is 0 Å². The molecule has 2 aromatic carbocycles. The summed E-state index contributed by atoms with van der Waals surface area (Å²) in [5, 5.41) is 21.4. The Balaban J connectivity index is 1.45. The molecule has 0 aromatic heterocycles. The number of ether oxygens (including phenoxy) is 7. The van der Waals surface area contributed by atoms with Gasteiger partial charge in [0.05, 0.1) is 57.4 Å². The largest absolute Gasteiger partial charge is 0.469 e. The SMILES string of the molecule is COC(=O)CCCO[C@@H]1OC(CO[C@@H]2OC(CO)[C@H](C)[C@H](C)C2OC(=O)c2ccccc2)[C@H](C)[C@H](O)C1OCc1ccccc1. The standard InChI is InChI=1S/C34H46O11/c1-21-22(2)30(45-32(38)25-14-9-6-10-15-25)33(43-26(21)18-35)42-20-27-23(3)29(37)31(41-19-24-12-7-5-8-13-24)34(44-27)40-17-11-16-28(36)39-4/h5-10,12-15,21-23,26-27,29-31,33-35,37H,11,16-20H2,1-4H3/t21-,22+,23+,26?,27?,29+,30?,31?,33-,34-/m1/s1. The molecule has 4 rings (SSSR count). The van der Waals surface area contributed by atoms with Crippen LogP contribution < -0.4 is 0 Å². The summed E-state index contributed by atoms with van der Waals surface area (Å²) >= 11 is 0. The Hall–Kier alpha value is -2.90. The average molecular weight is 631 g/mol. The first kappa shape index (κ1) is 35.0. The van der Waals surface area contributed by atoms with E-state index in [-0.39, 0.29) is 50.7 Å². The summed E-state index contributed by atoms with van der Waals surface area (Å²) < 4.78 is 41.4. The summed E-state index contributed by atoms with van der Waals surface area (Å²) in [6, 6.07) is 18.3. The molecule has 11 nitrogen and oxygen atoms in total. The number of aliphatic hydroxyl groups excluding tert-OH is 2. The fraction of sp³-hybridized carbons (Fsp3) is 0.588. The van der Waals surface area contributed by atoms with E-state index < -0.39 is 55.0 Å². The normalized spacial score (nSPS) is 31.7. The highest BCUT2D eigenvalue weighted by atomic mass is 16.7. The van der Waals surface area contributed by atoms with E-state index in [0.29, 0.717) is 12.0 Å². The Morgan fingerprint density at radius 2 is 1.44 bits per heavy atom. The fourth-order valence-corrected chi connectivity index (χ4v) is 5.56. The Morgan fingerprint density at radius 3 is 2.11 bits per heavy atom. The van der Waals surface area contributed by atoms with Crippen LogP contribution in [-0.2, 0) is 44.6 Å². The molecular weight excluding hydrogens is 584 g/mol. The number of hydrogen-bond donors (Lipinski definition) is 2. The Kier molecular flexibility index (Phi) is 13.3. The van der Waals surface area contributed by atoms with Crippen molar-refractivity contribution in [3.05, 3.63) is 71.8 Å². The van der Waals surface area contributed by atoms with Gasteiger partial charge in [0.25, 0.3) is 0 Å². The van der Waals surface area contributed by atoms with Crippen molar-refractivity contribution in [1.29, 1.82) is 0 Å². The van der Waals surface area contributed by atoms with Gasteiger partial charge in [0.15, 0.2) is 18.7 Å². The molecule has 2 N–H and O–H groups in total. The molecule has 2 fully saturated rings. The van der Waals surface area contributed by atoms with Gasteiger partial charge in [0, 0.05) is 18.3 Å². The summed E-state index contributed by atoms with van der Waals surface area (Å²) in [4.78, 5) is 24.6. The highest BCUT2D eigenvalue weighted by Crippen LogP contribution is 2.35. The predicted octanol–water partition coefficient (Wildman–Crippen LogP) is 3.50. The summed E-state index contributed by atoms with van der Waals surface area (Å²) in [7, 11) is 1.33. The fourth-order valence-electron chi connectivity index (χ4n) is 5.56. The smallest absolute Gasteiger partial charge is 0.338 e. The Labute approximate surface area is 264 Å². The summed E-state index contributed by atoms with van der Waals surface area (Å²) in [6.07, 6.45) is -5.05. The van der Waals surface area contributed by atoms with Crippen LogP contribution in [0, 0.1) is 17.8 Å². The van der Waals surface area contributed by atoms with Gasteiger partial charge < -0.3 is 43.4 Å². The molecule has 0 radical (unpaired) electrons. The van der Waals surface area contributed by atoms with Gasteiger partial charge in [0.1, 0.15) is 6.10 Å². The van der Waals surface area contributed by atoms with Gasteiger partial charge in [-0.3, -0.25) is 4.79 Å². The van der Waals surface area contributed by atoms with E-state index in [0.717, 1.165) is 5.56 Å². The highest BCUT2D eigenvalue weighted by Gasteiger charge is 2.47. The summed E-state index contributed by atoms with van der Waals surface area (Å²) in [5.41, 5.74) is 1.33. The van der Waals surface area contributed by atoms with Crippen LogP contribution in [0.1, 0.15) is 49.5 Å². The number of aliphatic hydroxyl groups is 2. The third-order valence-electron chi connectivity index (χ3n) is 8.73. The van der Waals surface area contributed by atoms with Crippen LogP contribution in [0.3, 0.4) is 0 Å². The van der Waals surface area contributed by atoms with Gasteiger partial charge in [-0.1, -0.05) is 69.3 Å². The van der Waals surface area contributed by atoms with Gasteiger partial charge in [-0.25, -0.2) is 4.79 Å². The van der Waals surface area contributed by atoms with Crippen molar-refractivity contribution in [2.45, 2.75) is 83.3 Å². The van der Waals surface area contributed by atoms with Crippen molar-refractivity contribution in [2.75, 3.05) is 26.9 Å². The maximum absolute atomic E-state index is 13.0. The molecule has 4 unspecified atom stereocenters. The zero-order chi connectivity index (χ0) is 32.3. The monoisotopic (exact) mass is 630 g/mol. The predicted molar refractivity (Wildman–Crippen MR) is 162 cm³/mol. The number of rotatable bonds is 14. The van der Waals surface area contributed by atoms with Crippen LogP contribution in [0.4, 0.5) is 0 Å². The maximum Gasteiger partial charge on any atom is 0.338 e. The van der Waals surface area contributed by atoms with Crippen LogP contribution in [0.2, 0.25) is 0 Å². The average Bonchev–Trinajstić information content (AvgIpc) is 3.07. The maximum atomic E-state index is 13.0. The van der Waals surface area contributed by atoms with Crippen LogP contribution in [-0.4, -0.2) is 92.2 Å². The number of esters is 2. The van der Waals surface area contributed by atoms with Gasteiger partial charge >= 0.3 is 11.9 Å². The van der Waals surface area contributed by atoms with E-state index in [9.17, 15) is 19.8 Å². The summed E-state index contributed by atoms with van der Waals surface area (Å²) in [6.45, 7) is 5.88. The Morgan fingerprint density at radius 1 is 0.800 bits per heavy atom. The number of benzene rings is 2. The van der Waals surface area contributed by atoms with Crippen LogP contribution in [0.15, 0.2) is 60.7 Å². The van der Waals surface area contributed by atoms with E-state index in [1.807, 2.05) is 57.2 Å². The van der Waals surface area contributed by atoms with E-state index >= 15 is 0 Å². The first-order chi connectivity index (χ1) is 21.7. The second kappa shape index (κ2) is 17.1. The van der Waals surface area contributed by atoms with Crippen molar-refractivity contribution >= 4 is 11.9 Å². The molecule has 0 amide bonds. The molecule has 0 saturated carbocycles. The van der Waals surface area contributed by atoms with Gasteiger partial charge in [-0.2, -0.15) is 0 Å². The van der Waals surface area contributed by atoms with Gasteiger partial charge in [-0.15, -0.1) is 0 Å². The first-order valence-electron chi connectivity index (χ1n) is 15.5. The van der Waals surface area contributed by atoms with E-state index in [1.165, 1.54) is 7.11 Å². The molecule has 2 heterocycles. The third kappa shape index (κ3) is 9.32. The molecule has 2 aromatic rings. The van der Waals surface area contributed by atoms with Gasteiger partial charge in [0.2, 0.25) is 0 Å².